The fourth-order valence-corrected chi connectivity index (χ4v) is 4.76. The molecule has 0 aliphatic heterocycles. The second-order valence-electron chi connectivity index (χ2n) is 7.93. The number of thioether (sulfide) groups is 1. The number of carbonyl (C=O) groups excluding carboxylic acids is 1. The number of para-hydroxylation sites is 1. The molecule has 30 heavy (non-hydrogen) atoms. The Morgan fingerprint density at radius 1 is 1.13 bits per heavy atom. The molecule has 1 heterocycles. The van der Waals surface area contributed by atoms with Crippen LogP contribution in [0.25, 0.3) is 5.69 Å². The fraction of sp³-hybridized carbons (Fsp3) is 0.391. The predicted molar refractivity (Wildman–Crippen MR) is 119 cm³/mol. The molecule has 1 unspecified atom stereocenters. The van der Waals surface area contributed by atoms with Gasteiger partial charge in [0.2, 0.25) is 11.1 Å². The Kier molecular flexibility index (Phi) is 6.18. The van der Waals surface area contributed by atoms with Crippen LogP contribution >= 0.6 is 11.8 Å². The van der Waals surface area contributed by atoms with Crippen molar-refractivity contribution in [2.75, 3.05) is 5.75 Å². The topological polar surface area (TPSA) is 72.7 Å². The summed E-state index contributed by atoms with van der Waals surface area (Å²) in [5, 5.41) is 15.8. The summed E-state index contributed by atoms with van der Waals surface area (Å²) in [6, 6.07) is 12.7. The lowest BCUT2D eigenvalue weighted by Crippen LogP contribution is -2.28. The minimum Gasteiger partial charge on any atom is -0.349 e. The molecule has 0 radical (unpaired) electrons. The van der Waals surface area contributed by atoms with Gasteiger partial charge in [0.05, 0.1) is 17.5 Å². The largest absolute Gasteiger partial charge is 0.349 e. The van der Waals surface area contributed by atoms with E-state index in [0.717, 1.165) is 28.8 Å². The highest BCUT2D eigenvalue weighted by atomic mass is 32.2. The minimum atomic E-state index is -0.0278. The van der Waals surface area contributed by atoms with Gasteiger partial charge in [-0.15, -0.1) is 5.10 Å². The number of rotatable bonds is 6. The maximum atomic E-state index is 12.6. The number of hydrogen-bond donors (Lipinski definition) is 1. The van der Waals surface area contributed by atoms with E-state index in [0.29, 0.717) is 5.16 Å². The van der Waals surface area contributed by atoms with Crippen LogP contribution in [0.4, 0.5) is 0 Å². The lowest BCUT2D eigenvalue weighted by Gasteiger charge is -2.20. The maximum absolute atomic E-state index is 12.6. The van der Waals surface area contributed by atoms with E-state index < -0.39 is 0 Å². The van der Waals surface area contributed by atoms with Crippen LogP contribution in [-0.2, 0) is 17.6 Å². The third-order valence-electron chi connectivity index (χ3n) is 5.67. The number of benzene rings is 2. The Morgan fingerprint density at radius 3 is 2.63 bits per heavy atom. The lowest BCUT2D eigenvalue weighted by molar-refractivity contribution is -0.119. The fourth-order valence-electron chi connectivity index (χ4n) is 4.07. The van der Waals surface area contributed by atoms with Crippen molar-refractivity contribution in [1.82, 2.24) is 25.5 Å². The Labute approximate surface area is 181 Å². The molecule has 1 amide bonds. The highest BCUT2D eigenvalue weighted by Gasteiger charge is 2.17. The molecule has 0 saturated carbocycles. The summed E-state index contributed by atoms with van der Waals surface area (Å²) in [6.07, 6.45) is 4.84. The first-order valence-electron chi connectivity index (χ1n) is 10.4. The smallest absolute Gasteiger partial charge is 0.230 e. The van der Waals surface area contributed by atoms with Gasteiger partial charge in [-0.3, -0.25) is 4.79 Å². The number of tetrazole rings is 1. The summed E-state index contributed by atoms with van der Waals surface area (Å²) in [5.41, 5.74) is 7.20. The second-order valence-corrected chi connectivity index (χ2v) is 8.87. The lowest BCUT2D eigenvalue weighted by atomic mass is 9.89. The summed E-state index contributed by atoms with van der Waals surface area (Å²) in [7, 11) is 0. The monoisotopic (exact) mass is 421 g/mol. The van der Waals surface area contributed by atoms with E-state index in [9.17, 15) is 4.79 Å². The number of fused-ring (bicyclic) bond motifs is 1. The third-order valence-corrected chi connectivity index (χ3v) is 6.59. The zero-order valence-electron chi connectivity index (χ0n) is 17.7. The molecule has 0 saturated heterocycles. The number of amides is 1. The van der Waals surface area contributed by atoms with Crippen molar-refractivity contribution in [3.05, 3.63) is 64.2 Å². The number of aryl methyl sites for hydroxylation is 4. The molecule has 1 aromatic heterocycles. The van der Waals surface area contributed by atoms with Crippen molar-refractivity contribution in [1.29, 1.82) is 0 Å². The normalized spacial score (nSPS) is 14.2. The van der Waals surface area contributed by atoms with Crippen LogP contribution in [0.1, 0.15) is 53.6 Å². The van der Waals surface area contributed by atoms with Crippen molar-refractivity contribution in [3.8, 4) is 5.69 Å². The van der Waals surface area contributed by atoms with Crippen molar-refractivity contribution in [2.45, 2.75) is 57.7 Å². The molecule has 3 aromatic rings. The Hall–Kier alpha value is -2.67. The van der Waals surface area contributed by atoms with Gasteiger partial charge in [0.1, 0.15) is 0 Å². The molecule has 7 heteroatoms. The van der Waals surface area contributed by atoms with Gasteiger partial charge in [0.15, 0.2) is 0 Å². The molecule has 0 fully saturated rings. The number of nitrogens with one attached hydrogen (secondary N) is 1. The van der Waals surface area contributed by atoms with Crippen molar-refractivity contribution in [2.24, 2.45) is 0 Å². The highest BCUT2D eigenvalue weighted by molar-refractivity contribution is 7.99. The SMILES string of the molecule is Cc1cccc(C)c1-n1nnnc1SCC(=O)NC(C)c1ccc2c(c1)CCCC2. The van der Waals surface area contributed by atoms with E-state index in [2.05, 4.69) is 39.0 Å². The van der Waals surface area contributed by atoms with Crippen LogP contribution in [-0.4, -0.2) is 31.9 Å². The molecular weight excluding hydrogens is 394 g/mol. The van der Waals surface area contributed by atoms with E-state index in [1.54, 1.807) is 4.68 Å². The molecular formula is C23H27N5OS. The number of hydrogen-bond acceptors (Lipinski definition) is 5. The van der Waals surface area contributed by atoms with E-state index in [1.807, 2.05) is 39.0 Å². The van der Waals surface area contributed by atoms with Gasteiger partial charge in [-0.25, -0.2) is 0 Å². The van der Waals surface area contributed by atoms with Gasteiger partial charge >= 0.3 is 0 Å². The second kappa shape index (κ2) is 9.00. The van der Waals surface area contributed by atoms with Crippen LogP contribution in [0, 0.1) is 13.8 Å². The summed E-state index contributed by atoms with van der Waals surface area (Å²) < 4.78 is 1.72. The van der Waals surface area contributed by atoms with Crippen LogP contribution < -0.4 is 5.32 Å². The summed E-state index contributed by atoms with van der Waals surface area (Å²) in [5.74, 6) is 0.238. The zero-order chi connectivity index (χ0) is 21.1. The molecule has 6 nitrogen and oxygen atoms in total. The van der Waals surface area contributed by atoms with Crippen molar-refractivity contribution >= 4 is 17.7 Å². The quantitative estimate of drug-likeness (QED) is 0.606. The first-order valence-corrected chi connectivity index (χ1v) is 11.4. The van der Waals surface area contributed by atoms with Gasteiger partial charge in [0, 0.05) is 0 Å². The average Bonchev–Trinajstić information content (AvgIpc) is 3.20. The number of carbonyl (C=O) groups is 1. The van der Waals surface area contributed by atoms with Gasteiger partial charge in [-0.2, -0.15) is 4.68 Å². The molecule has 2 aromatic carbocycles. The van der Waals surface area contributed by atoms with Crippen LogP contribution in [0.3, 0.4) is 0 Å². The number of aromatic nitrogens is 4. The van der Waals surface area contributed by atoms with Crippen molar-refractivity contribution < 1.29 is 4.79 Å². The molecule has 1 aliphatic rings. The van der Waals surface area contributed by atoms with Gasteiger partial charge in [-0.05, 0) is 84.7 Å². The first kappa shape index (κ1) is 20.6. The standard InChI is InChI=1S/C23H27N5OS/c1-15-7-6-8-16(2)22(15)28-23(25-26-27-28)30-14-21(29)24-17(3)19-12-11-18-9-4-5-10-20(18)13-19/h6-8,11-13,17H,4-5,9-10,14H2,1-3H3,(H,24,29). The zero-order valence-corrected chi connectivity index (χ0v) is 18.5. The van der Waals surface area contributed by atoms with E-state index >= 15 is 0 Å². The molecule has 0 spiro atoms. The summed E-state index contributed by atoms with van der Waals surface area (Å²) in [6.45, 7) is 6.10. The van der Waals surface area contributed by atoms with Gasteiger partial charge in [0.25, 0.3) is 0 Å². The summed E-state index contributed by atoms with van der Waals surface area (Å²) >= 11 is 1.35. The molecule has 156 valence electrons. The van der Waals surface area contributed by atoms with E-state index in [-0.39, 0.29) is 17.7 Å². The average molecular weight is 422 g/mol. The molecule has 4 rings (SSSR count). The third kappa shape index (κ3) is 4.41. The Balaban J connectivity index is 1.40. The molecule has 1 atom stereocenters. The minimum absolute atomic E-state index is 0.0266. The van der Waals surface area contributed by atoms with Crippen LogP contribution in [0.2, 0.25) is 0 Å². The first-order chi connectivity index (χ1) is 14.5. The molecule has 1 N–H and O–H groups in total. The Morgan fingerprint density at radius 2 is 1.87 bits per heavy atom. The van der Waals surface area contributed by atoms with Crippen LogP contribution in [0.5, 0.6) is 0 Å². The van der Waals surface area contributed by atoms with Gasteiger partial charge in [-0.1, -0.05) is 48.2 Å². The highest BCUT2D eigenvalue weighted by Crippen LogP contribution is 2.26. The molecule has 1 aliphatic carbocycles. The predicted octanol–water partition coefficient (Wildman–Crippen LogP) is 4.13. The van der Waals surface area contributed by atoms with E-state index in [4.69, 9.17) is 0 Å². The van der Waals surface area contributed by atoms with E-state index in [1.165, 1.54) is 42.2 Å². The maximum Gasteiger partial charge on any atom is 0.230 e. The van der Waals surface area contributed by atoms with Crippen molar-refractivity contribution in [3.63, 3.8) is 0 Å². The number of nitrogens with zero attached hydrogens (tertiary/aromatic N) is 4. The Bertz CT molecular complexity index is 1040. The van der Waals surface area contributed by atoms with Crippen LogP contribution in [0.15, 0.2) is 41.6 Å². The molecule has 0 bridgehead atoms. The summed E-state index contributed by atoms with van der Waals surface area (Å²) in [4.78, 5) is 12.6. The van der Waals surface area contributed by atoms with Gasteiger partial charge < -0.3 is 5.32 Å².